The largest absolute Gasteiger partial charge is 0.464 e. The van der Waals surface area contributed by atoms with Gasteiger partial charge in [0.2, 0.25) is 5.91 Å². The van der Waals surface area contributed by atoms with Crippen molar-refractivity contribution in [2.24, 2.45) is 5.92 Å². The molecule has 0 spiro atoms. The van der Waals surface area contributed by atoms with Crippen LogP contribution in [0.2, 0.25) is 0 Å². The number of rotatable bonds is 10. The van der Waals surface area contributed by atoms with Crippen LogP contribution in [0.3, 0.4) is 0 Å². The lowest BCUT2D eigenvalue weighted by molar-refractivity contribution is -0.144. The van der Waals surface area contributed by atoms with E-state index in [2.05, 4.69) is 34.5 Å². The van der Waals surface area contributed by atoms with Gasteiger partial charge in [-0.05, 0) is 24.8 Å². The minimum atomic E-state index is -0.875. The van der Waals surface area contributed by atoms with Crippen molar-refractivity contribution in [3.8, 4) is 0 Å². The van der Waals surface area contributed by atoms with E-state index in [0.717, 1.165) is 19.6 Å². The van der Waals surface area contributed by atoms with Gasteiger partial charge in [0.05, 0.1) is 6.61 Å². The second-order valence-corrected chi connectivity index (χ2v) is 8.86. The maximum atomic E-state index is 13.2. The predicted molar refractivity (Wildman–Crippen MR) is 125 cm³/mol. The zero-order valence-corrected chi connectivity index (χ0v) is 19.7. The molecule has 2 saturated heterocycles. The summed E-state index contributed by atoms with van der Waals surface area (Å²) >= 11 is 0. The van der Waals surface area contributed by atoms with E-state index in [1.54, 1.807) is 6.92 Å². The molecule has 1 aromatic carbocycles. The quantitative estimate of drug-likeness (QED) is 0.425. The van der Waals surface area contributed by atoms with Crippen LogP contribution in [-0.2, 0) is 23.9 Å². The van der Waals surface area contributed by atoms with Gasteiger partial charge in [-0.25, -0.2) is 4.79 Å². The average molecular weight is 458 g/mol. The lowest BCUT2D eigenvalue weighted by atomic mass is 10.0. The normalized spacial score (nSPS) is 21.8. The van der Waals surface area contributed by atoms with Crippen molar-refractivity contribution >= 4 is 23.9 Å². The molecule has 2 heterocycles. The van der Waals surface area contributed by atoms with E-state index in [1.807, 2.05) is 36.9 Å². The minimum Gasteiger partial charge on any atom is -0.464 e. The first-order valence-corrected chi connectivity index (χ1v) is 11.7. The highest BCUT2D eigenvalue weighted by Gasteiger charge is 2.52. The number of esters is 1. The molecule has 3 atom stereocenters. The molecule has 0 unspecified atom stereocenters. The van der Waals surface area contributed by atoms with E-state index in [9.17, 15) is 14.4 Å². The molecule has 0 aliphatic carbocycles. The molecule has 0 bridgehead atoms. The SMILES string of the molecule is CCOC(=O)[C@@H]1O[C@H]1C(=O)N[C@@H](CC(C)C)C(=O)N1CCN(C/C=C/c2ccccc2)CC1. The summed E-state index contributed by atoms with van der Waals surface area (Å²) in [6.45, 7) is 9.59. The molecule has 3 rings (SSSR count). The summed E-state index contributed by atoms with van der Waals surface area (Å²) in [6.07, 6.45) is 3.04. The topological polar surface area (TPSA) is 91.5 Å². The lowest BCUT2D eigenvalue weighted by Gasteiger charge is -2.36. The Kier molecular flexibility index (Phi) is 9.03. The molecule has 1 N–H and O–H groups in total. The molecule has 1 aromatic rings. The molecule has 2 aliphatic rings. The van der Waals surface area contributed by atoms with Gasteiger partial charge in [-0.2, -0.15) is 0 Å². The Balaban J connectivity index is 1.48. The fraction of sp³-hybridized carbons (Fsp3) is 0.560. The number of nitrogens with one attached hydrogen (secondary N) is 1. The van der Waals surface area contributed by atoms with Gasteiger partial charge in [0.25, 0.3) is 5.91 Å². The molecular weight excluding hydrogens is 422 g/mol. The molecule has 0 aromatic heterocycles. The Morgan fingerprint density at radius 2 is 1.82 bits per heavy atom. The van der Waals surface area contributed by atoms with Crippen LogP contribution in [0.5, 0.6) is 0 Å². The number of hydrogen-bond acceptors (Lipinski definition) is 6. The summed E-state index contributed by atoms with van der Waals surface area (Å²) in [5.74, 6) is -0.826. The maximum Gasteiger partial charge on any atom is 0.338 e. The van der Waals surface area contributed by atoms with Crippen LogP contribution in [0.1, 0.15) is 32.8 Å². The Bertz CT molecular complexity index is 834. The van der Waals surface area contributed by atoms with E-state index in [1.165, 1.54) is 5.56 Å². The van der Waals surface area contributed by atoms with Crippen molar-refractivity contribution in [1.29, 1.82) is 0 Å². The van der Waals surface area contributed by atoms with Crippen LogP contribution in [0, 0.1) is 5.92 Å². The molecule has 0 radical (unpaired) electrons. The lowest BCUT2D eigenvalue weighted by Crippen LogP contribution is -2.55. The zero-order valence-electron chi connectivity index (χ0n) is 19.7. The van der Waals surface area contributed by atoms with Crippen LogP contribution < -0.4 is 5.32 Å². The van der Waals surface area contributed by atoms with Gasteiger partial charge in [0.15, 0.2) is 12.2 Å². The van der Waals surface area contributed by atoms with Gasteiger partial charge < -0.3 is 19.7 Å². The summed E-state index contributed by atoms with van der Waals surface area (Å²) in [4.78, 5) is 41.6. The fourth-order valence-corrected chi connectivity index (χ4v) is 3.94. The first-order chi connectivity index (χ1) is 15.9. The van der Waals surface area contributed by atoms with Crippen LogP contribution >= 0.6 is 0 Å². The number of ether oxygens (including phenoxy) is 2. The van der Waals surface area contributed by atoms with Crippen molar-refractivity contribution in [3.63, 3.8) is 0 Å². The monoisotopic (exact) mass is 457 g/mol. The van der Waals surface area contributed by atoms with Crippen LogP contribution in [-0.4, -0.2) is 85.2 Å². The van der Waals surface area contributed by atoms with Crippen molar-refractivity contribution in [2.45, 2.75) is 45.4 Å². The second-order valence-electron chi connectivity index (χ2n) is 8.86. The Labute approximate surface area is 195 Å². The third kappa shape index (κ3) is 7.40. The molecule has 2 aliphatic heterocycles. The van der Waals surface area contributed by atoms with Gasteiger partial charge >= 0.3 is 5.97 Å². The van der Waals surface area contributed by atoms with Gasteiger partial charge in [-0.15, -0.1) is 0 Å². The van der Waals surface area contributed by atoms with Gasteiger partial charge in [-0.3, -0.25) is 14.5 Å². The Hall–Kier alpha value is -2.71. The molecular formula is C25H35N3O5. The zero-order chi connectivity index (χ0) is 23.8. The summed E-state index contributed by atoms with van der Waals surface area (Å²) in [6, 6.07) is 9.54. The summed E-state index contributed by atoms with van der Waals surface area (Å²) in [5.41, 5.74) is 1.17. The van der Waals surface area contributed by atoms with E-state index < -0.39 is 30.1 Å². The fourth-order valence-electron chi connectivity index (χ4n) is 3.94. The van der Waals surface area contributed by atoms with Crippen LogP contribution in [0.25, 0.3) is 6.08 Å². The molecule has 2 amide bonds. The van der Waals surface area contributed by atoms with E-state index >= 15 is 0 Å². The molecule has 8 nitrogen and oxygen atoms in total. The highest BCUT2D eigenvalue weighted by Crippen LogP contribution is 2.24. The highest BCUT2D eigenvalue weighted by atomic mass is 16.6. The Morgan fingerprint density at radius 1 is 1.12 bits per heavy atom. The van der Waals surface area contributed by atoms with Crippen LogP contribution in [0.15, 0.2) is 36.4 Å². The number of epoxide rings is 1. The first kappa shape index (κ1) is 24.9. The number of carbonyl (C=O) groups excluding carboxylic acids is 3. The molecule has 180 valence electrons. The van der Waals surface area contributed by atoms with Crippen molar-refractivity contribution in [3.05, 3.63) is 42.0 Å². The second kappa shape index (κ2) is 12.0. The summed E-state index contributed by atoms with van der Waals surface area (Å²) < 4.78 is 10.1. The van der Waals surface area contributed by atoms with E-state index in [4.69, 9.17) is 9.47 Å². The van der Waals surface area contributed by atoms with Gasteiger partial charge in [0, 0.05) is 32.7 Å². The number of amides is 2. The maximum absolute atomic E-state index is 13.2. The summed E-state index contributed by atoms with van der Waals surface area (Å²) in [7, 11) is 0. The summed E-state index contributed by atoms with van der Waals surface area (Å²) in [5, 5.41) is 2.81. The van der Waals surface area contributed by atoms with Crippen molar-refractivity contribution in [1.82, 2.24) is 15.1 Å². The minimum absolute atomic E-state index is 0.0788. The van der Waals surface area contributed by atoms with Crippen molar-refractivity contribution < 1.29 is 23.9 Å². The van der Waals surface area contributed by atoms with Gasteiger partial charge in [-0.1, -0.05) is 56.3 Å². The average Bonchev–Trinajstić information content (AvgIpc) is 3.61. The van der Waals surface area contributed by atoms with Gasteiger partial charge in [0.1, 0.15) is 6.04 Å². The van der Waals surface area contributed by atoms with Crippen LogP contribution in [0.4, 0.5) is 0 Å². The highest BCUT2D eigenvalue weighted by molar-refractivity contribution is 5.95. The number of hydrogen-bond donors (Lipinski definition) is 1. The predicted octanol–water partition coefficient (Wildman–Crippen LogP) is 1.71. The third-order valence-corrected chi connectivity index (χ3v) is 5.75. The molecule has 2 fully saturated rings. The Morgan fingerprint density at radius 3 is 2.45 bits per heavy atom. The third-order valence-electron chi connectivity index (χ3n) is 5.75. The van der Waals surface area contributed by atoms with E-state index in [-0.39, 0.29) is 18.4 Å². The number of piperazine rings is 1. The van der Waals surface area contributed by atoms with Crippen molar-refractivity contribution in [2.75, 3.05) is 39.3 Å². The smallest absolute Gasteiger partial charge is 0.338 e. The first-order valence-electron chi connectivity index (χ1n) is 11.7. The number of carbonyl (C=O) groups is 3. The molecule has 0 saturated carbocycles. The number of benzene rings is 1. The molecule has 8 heteroatoms. The number of nitrogens with zero attached hydrogens (tertiary/aromatic N) is 2. The van der Waals surface area contributed by atoms with E-state index in [0.29, 0.717) is 19.5 Å². The standard InChI is InChI=1S/C25H35N3O5/c1-4-32-25(31)22-21(33-22)23(29)26-20(17-18(2)3)24(30)28-15-13-27(14-16-28)12-8-11-19-9-6-5-7-10-19/h5-11,18,20-22H,4,12-17H2,1-3H3,(H,26,29)/b11-8+/t20-,21+,22+/m0/s1. The molecule has 33 heavy (non-hydrogen) atoms.